The van der Waals surface area contributed by atoms with Gasteiger partial charge in [-0.1, -0.05) is 0 Å². The van der Waals surface area contributed by atoms with Crippen molar-refractivity contribution in [2.24, 2.45) is 4.99 Å². The van der Waals surface area contributed by atoms with Crippen LogP contribution in [0.5, 0.6) is 0 Å². The third kappa shape index (κ3) is 1.03. The molecule has 0 aromatic heterocycles. The van der Waals surface area contributed by atoms with Crippen LogP contribution in [0.1, 0.15) is 13.3 Å². The molecule has 0 saturated carbocycles. The van der Waals surface area contributed by atoms with Crippen LogP contribution in [0.15, 0.2) is 16.8 Å². The Hall–Kier alpha value is -0.920. The molecule has 0 aromatic rings. The average Bonchev–Trinajstić information content (AvgIpc) is 1.64. The molecule has 2 heteroatoms. The van der Waals surface area contributed by atoms with Crippen LogP contribution in [0, 0.1) is 0 Å². The summed E-state index contributed by atoms with van der Waals surface area (Å²) in [6, 6.07) is 0. The third-order valence-electron chi connectivity index (χ3n) is 0.967. The van der Waals surface area contributed by atoms with Gasteiger partial charge in [0.25, 0.3) is 0 Å². The lowest BCUT2D eigenvalue weighted by molar-refractivity contribution is -0.112. The predicted molar refractivity (Wildman–Crippen MR) is 31.9 cm³/mol. The molecule has 0 spiro atoms. The van der Waals surface area contributed by atoms with Gasteiger partial charge in [0.15, 0.2) is 5.78 Å². The van der Waals surface area contributed by atoms with Crippen LogP contribution < -0.4 is 0 Å². The highest BCUT2D eigenvalue weighted by Gasteiger charge is 2.01. The molecule has 0 fully saturated rings. The molecule has 0 amide bonds. The Kier molecular flexibility index (Phi) is 1.24. The van der Waals surface area contributed by atoms with E-state index in [2.05, 4.69) is 4.99 Å². The van der Waals surface area contributed by atoms with Crippen LogP contribution in [0.4, 0.5) is 0 Å². The highest BCUT2D eigenvalue weighted by molar-refractivity contribution is 6.28. The van der Waals surface area contributed by atoms with Crippen molar-refractivity contribution in [1.29, 1.82) is 0 Å². The molecule has 0 N–H and O–H groups in total. The lowest BCUT2D eigenvalue weighted by Crippen LogP contribution is -2.02. The topological polar surface area (TPSA) is 29.4 Å². The van der Waals surface area contributed by atoms with E-state index in [1.807, 2.05) is 6.92 Å². The molecule has 1 heterocycles. The predicted octanol–water partition coefficient (Wildman–Crippen LogP) is 0.934. The molecule has 1 rings (SSSR count). The molecule has 8 heavy (non-hydrogen) atoms. The fourth-order valence-corrected chi connectivity index (χ4v) is 0.614. The number of hydrogen-bond acceptors (Lipinski definition) is 2. The lowest BCUT2D eigenvalue weighted by Gasteiger charge is -1.97. The van der Waals surface area contributed by atoms with E-state index in [4.69, 9.17) is 0 Å². The maximum absolute atomic E-state index is 10.5. The summed E-state index contributed by atoms with van der Waals surface area (Å²) in [5, 5.41) is 0. The zero-order valence-corrected chi connectivity index (χ0v) is 4.72. The van der Waals surface area contributed by atoms with Gasteiger partial charge in [0.2, 0.25) is 0 Å². The van der Waals surface area contributed by atoms with Crippen molar-refractivity contribution in [3.05, 3.63) is 11.8 Å². The average molecular weight is 109 g/mol. The summed E-state index contributed by atoms with van der Waals surface area (Å²) >= 11 is 0. The van der Waals surface area contributed by atoms with Gasteiger partial charge < -0.3 is 0 Å². The monoisotopic (exact) mass is 109 g/mol. The number of hydrogen-bond donors (Lipinski definition) is 0. The van der Waals surface area contributed by atoms with Crippen molar-refractivity contribution in [2.45, 2.75) is 13.3 Å². The molecular formula is C6H7NO. The van der Waals surface area contributed by atoms with E-state index in [9.17, 15) is 4.79 Å². The molecule has 0 bridgehead atoms. The quantitative estimate of drug-likeness (QED) is 0.455. The number of Topliss-reactive ketones (excluding diaryl/α,β-unsaturated/α-hetero) is 1. The van der Waals surface area contributed by atoms with E-state index in [1.54, 1.807) is 6.20 Å². The first kappa shape index (κ1) is 5.22. The summed E-state index contributed by atoms with van der Waals surface area (Å²) in [5.74, 6) is 0.102. The van der Waals surface area contributed by atoms with Gasteiger partial charge in [-0.25, -0.2) is 0 Å². The summed E-state index contributed by atoms with van der Waals surface area (Å²) in [7, 11) is 0. The second-order valence-corrected chi connectivity index (χ2v) is 1.90. The summed E-state index contributed by atoms with van der Waals surface area (Å²) in [6.07, 6.45) is 3.61. The number of nitrogens with zero attached hydrogens (tertiary/aromatic N) is 1. The standard InChI is InChI=1S/C6H7NO/c1-5-2-6(8)4-7-3-5/h3-4H,2H2,1H3. The smallest absolute Gasteiger partial charge is 0.177 e. The van der Waals surface area contributed by atoms with Crippen LogP contribution in [0.3, 0.4) is 0 Å². The summed E-state index contributed by atoms with van der Waals surface area (Å²) < 4.78 is 0. The van der Waals surface area contributed by atoms with Crippen molar-refractivity contribution >= 4 is 12.0 Å². The van der Waals surface area contributed by atoms with E-state index in [1.165, 1.54) is 6.21 Å². The van der Waals surface area contributed by atoms with Crippen LogP contribution in [-0.4, -0.2) is 12.0 Å². The molecule has 0 unspecified atom stereocenters. The largest absolute Gasteiger partial charge is 0.293 e. The van der Waals surface area contributed by atoms with Crippen LogP contribution in [0.2, 0.25) is 0 Å². The van der Waals surface area contributed by atoms with Gasteiger partial charge in [-0.3, -0.25) is 9.79 Å². The Morgan fingerprint density at radius 3 is 2.88 bits per heavy atom. The minimum atomic E-state index is 0.102. The molecular weight excluding hydrogens is 102 g/mol. The Balaban J connectivity index is 2.73. The minimum Gasteiger partial charge on any atom is -0.293 e. The number of allylic oxidation sites excluding steroid dienone is 1. The maximum Gasteiger partial charge on any atom is 0.177 e. The molecule has 2 nitrogen and oxygen atoms in total. The van der Waals surface area contributed by atoms with Gasteiger partial charge >= 0.3 is 0 Å². The van der Waals surface area contributed by atoms with Gasteiger partial charge in [0.05, 0.1) is 6.21 Å². The van der Waals surface area contributed by atoms with Crippen LogP contribution in [-0.2, 0) is 4.79 Å². The summed E-state index contributed by atoms with van der Waals surface area (Å²) in [6.45, 7) is 1.90. The lowest BCUT2D eigenvalue weighted by atomic mass is 10.1. The molecule has 42 valence electrons. The molecule has 0 saturated heterocycles. The fourth-order valence-electron chi connectivity index (χ4n) is 0.614. The van der Waals surface area contributed by atoms with Crippen molar-refractivity contribution in [3.8, 4) is 0 Å². The van der Waals surface area contributed by atoms with Crippen molar-refractivity contribution in [3.63, 3.8) is 0 Å². The second-order valence-electron chi connectivity index (χ2n) is 1.90. The molecule has 1 aliphatic rings. The zero-order chi connectivity index (χ0) is 5.98. The van der Waals surface area contributed by atoms with Gasteiger partial charge in [-0.2, -0.15) is 0 Å². The first-order chi connectivity index (χ1) is 3.79. The first-order valence-electron chi connectivity index (χ1n) is 2.50. The zero-order valence-electron chi connectivity index (χ0n) is 4.72. The van der Waals surface area contributed by atoms with Crippen molar-refractivity contribution in [2.75, 3.05) is 0 Å². The Morgan fingerprint density at radius 2 is 2.50 bits per heavy atom. The maximum atomic E-state index is 10.5. The van der Waals surface area contributed by atoms with Gasteiger partial charge in [0, 0.05) is 12.6 Å². The minimum absolute atomic E-state index is 0.102. The van der Waals surface area contributed by atoms with E-state index >= 15 is 0 Å². The van der Waals surface area contributed by atoms with Gasteiger partial charge in [-0.15, -0.1) is 0 Å². The third-order valence-corrected chi connectivity index (χ3v) is 0.967. The Bertz CT molecular complexity index is 167. The van der Waals surface area contributed by atoms with Crippen LogP contribution in [0.25, 0.3) is 0 Å². The van der Waals surface area contributed by atoms with Gasteiger partial charge in [0.1, 0.15) is 0 Å². The first-order valence-corrected chi connectivity index (χ1v) is 2.50. The SMILES string of the molecule is CC1=CN=CC(=O)C1. The van der Waals surface area contributed by atoms with Crippen LogP contribution >= 0.6 is 0 Å². The second kappa shape index (κ2) is 1.90. The number of carbonyl (C=O) groups excluding carboxylic acids is 1. The number of ketones is 1. The van der Waals surface area contributed by atoms with E-state index < -0.39 is 0 Å². The molecule has 1 aliphatic heterocycles. The number of rotatable bonds is 0. The van der Waals surface area contributed by atoms with Crippen molar-refractivity contribution in [1.82, 2.24) is 0 Å². The Morgan fingerprint density at radius 1 is 1.75 bits per heavy atom. The summed E-state index contributed by atoms with van der Waals surface area (Å²) in [4.78, 5) is 14.2. The fraction of sp³-hybridized carbons (Fsp3) is 0.333. The highest BCUT2D eigenvalue weighted by Crippen LogP contribution is 2.03. The molecule has 0 aliphatic carbocycles. The Labute approximate surface area is 47.9 Å². The van der Waals surface area contributed by atoms with Gasteiger partial charge in [-0.05, 0) is 12.5 Å². The normalized spacial score (nSPS) is 18.6. The molecule has 0 atom stereocenters. The molecule has 0 radical (unpaired) electrons. The van der Waals surface area contributed by atoms with E-state index in [-0.39, 0.29) is 5.78 Å². The number of aliphatic imine (C=N–C) groups is 1. The van der Waals surface area contributed by atoms with E-state index in [0.29, 0.717) is 6.42 Å². The number of carbonyl (C=O) groups is 1. The highest BCUT2D eigenvalue weighted by atomic mass is 16.1. The molecule has 0 aromatic carbocycles. The van der Waals surface area contributed by atoms with E-state index in [0.717, 1.165) is 5.57 Å². The summed E-state index contributed by atoms with van der Waals surface area (Å²) in [5.41, 5.74) is 1.04. The van der Waals surface area contributed by atoms with Crippen molar-refractivity contribution < 1.29 is 4.79 Å².